The number of aromatic nitrogens is 2. The Balaban J connectivity index is 1.72. The zero-order chi connectivity index (χ0) is 27.9. The van der Waals surface area contributed by atoms with Crippen LogP contribution in [0.15, 0.2) is 41.6 Å². The predicted molar refractivity (Wildman–Crippen MR) is 120 cm³/mol. The molecule has 3 aromatic rings. The van der Waals surface area contributed by atoms with Gasteiger partial charge in [0.25, 0.3) is 0 Å². The molecule has 1 atom stereocenters. The molecule has 0 radical (unpaired) electrons. The third kappa shape index (κ3) is 4.79. The number of amides is 1. The zero-order valence-electron chi connectivity index (χ0n) is 18.7. The highest BCUT2D eigenvalue weighted by Gasteiger charge is 2.48. The van der Waals surface area contributed by atoms with Crippen molar-refractivity contribution in [2.24, 2.45) is 0 Å². The Morgan fingerprint density at radius 2 is 1.61 bits per heavy atom. The van der Waals surface area contributed by atoms with Crippen LogP contribution in [0, 0.1) is 29.1 Å². The van der Waals surface area contributed by atoms with Crippen LogP contribution in [0.5, 0.6) is 0 Å². The number of sulfonamides is 1. The van der Waals surface area contributed by atoms with E-state index in [-0.39, 0.29) is 35.1 Å². The maximum absolute atomic E-state index is 14.3. The summed E-state index contributed by atoms with van der Waals surface area (Å²) in [5.74, 6) is -14.9. The highest BCUT2D eigenvalue weighted by molar-refractivity contribution is 7.89. The van der Waals surface area contributed by atoms with Crippen LogP contribution < -0.4 is 4.90 Å². The summed E-state index contributed by atoms with van der Waals surface area (Å²) in [6.45, 7) is -0.752. The lowest BCUT2D eigenvalue weighted by atomic mass is 10.1. The smallest absolute Gasteiger partial charge is 0.354 e. The van der Waals surface area contributed by atoms with Crippen LogP contribution in [0.4, 0.5) is 27.6 Å². The summed E-state index contributed by atoms with van der Waals surface area (Å²) in [5.41, 5.74) is -0.0827. The standard InChI is InChI=1S/C22H14ClF5N4O5S/c23-10-1-2-11(29-7-10)9-31(12-3-4-13(22(34)35)30-8-12)21(33)14-5-6-32(14)38(36,37)20-18(27)16(25)15(24)17(26)19(20)28/h1-4,7-8,14H,5-6,9H2,(H,34,35)/t14-/m1/s1. The summed E-state index contributed by atoms with van der Waals surface area (Å²) in [6, 6.07) is 3.61. The summed E-state index contributed by atoms with van der Waals surface area (Å²) >= 11 is 5.82. The summed E-state index contributed by atoms with van der Waals surface area (Å²) in [6.07, 6.45) is 2.14. The first kappa shape index (κ1) is 27.3. The molecule has 1 saturated heterocycles. The Morgan fingerprint density at radius 1 is 0.974 bits per heavy atom. The Kier molecular flexibility index (Phi) is 7.36. The summed E-state index contributed by atoms with van der Waals surface area (Å²) in [4.78, 5) is 31.3. The lowest BCUT2D eigenvalue weighted by Crippen LogP contribution is -2.59. The van der Waals surface area contributed by atoms with Gasteiger partial charge >= 0.3 is 5.97 Å². The molecule has 1 aromatic carbocycles. The predicted octanol–water partition coefficient (Wildman–Crippen LogP) is 3.52. The van der Waals surface area contributed by atoms with Crippen molar-refractivity contribution in [1.82, 2.24) is 14.3 Å². The first-order valence-corrected chi connectivity index (χ1v) is 12.3. The van der Waals surface area contributed by atoms with E-state index in [1.54, 1.807) is 0 Å². The van der Waals surface area contributed by atoms with Gasteiger partial charge in [-0.2, -0.15) is 4.31 Å². The molecule has 2 aromatic heterocycles. The molecular formula is C22H14ClF5N4O5S. The first-order chi connectivity index (χ1) is 17.8. The molecule has 4 rings (SSSR count). The number of carboxylic acids is 1. The van der Waals surface area contributed by atoms with Gasteiger partial charge in [0.15, 0.2) is 28.2 Å². The molecule has 1 aliphatic heterocycles. The second kappa shape index (κ2) is 10.2. The van der Waals surface area contributed by atoms with Crippen molar-refractivity contribution in [1.29, 1.82) is 0 Å². The minimum absolute atomic E-state index is 0.0113. The second-order valence-corrected chi connectivity index (χ2v) is 10.2. The van der Waals surface area contributed by atoms with E-state index in [0.29, 0.717) is 4.31 Å². The Labute approximate surface area is 216 Å². The van der Waals surface area contributed by atoms with Crippen LogP contribution in [0.2, 0.25) is 5.02 Å². The number of anilines is 1. The lowest BCUT2D eigenvalue weighted by molar-refractivity contribution is -0.125. The zero-order valence-corrected chi connectivity index (χ0v) is 20.3. The third-order valence-corrected chi connectivity index (χ3v) is 7.80. The van der Waals surface area contributed by atoms with E-state index in [0.717, 1.165) is 17.2 Å². The number of pyridine rings is 2. The quantitative estimate of drug-likeness (QED) is 0.260. The molecule has 0 saturated carbocycles. The molecular weight excluding hydrogens is 563 g/mol. The van der Waals surface area contributed by atoms with Crippen molar-refractivity contribution in [2.75, 3.05) is 11.4 Å². The van der Waals surface area contributed by atoms with E-state index in [1.807, 2.05) is 0 Å². The number of hydrogen-bond donors (Lipinski definition) is 1. The molecule has 1 amide bonds. The summed E-state index contributed by atoms with van der Waals surface area (Å²) in [7, 11) is -5.37. The Morgan fingerprint density at radius 3 is 2.08 bits per heavy atom. The molecule has 200 valence electrons. The Hall–Kier alpha value is -3.69. The number of carbonyl (C=O) groups is 2. The molecule has 1 N–H and O–H groups in total. The molecule has 1 aliphatic rings. The van der Waals surface area contributed by atoms with E-state index in [1.165, 1.54) is 24.4 Å². The van der Waals surface area contributed by atoms with Gasteiger partial charge in [0.1, 0.15) is 11.7 Å². The van der Waals surface area contributed by atoms with Gasteiger partial charge in [-0.1, -0.05) is 11.6 Å². The normalized spacial score (nSPS) is 15.7. The van der Waals surface area contributed by atoms with Gasteiger partial charge in [0, 0.05) is 12.7 Å². The van der Waals surface area contributed by atoms with Crippen LogP contribution >= 0.6 is 11.6 Å². The van der Waals surface area contributed by atoms with Crippen LogP contribution in [0.1, 0.15) is 22.6 Å². The number of carbonyl (C=O) groups excluding carboxylic acids is 1. The number of aromatic carboxylic acids is 1. The maximum atomic E-state index is 14.3. The second-order valence-electron chi connectivity index (χ2n) is 7.92. The van der Waals surface area contributed by atoms with Gasteiger partial charge < -0.3 is 10.0 Å². The van der Waals surface area contributed by atoms with Crippen molar-refractivity contribution >= 4 is 39.2 Å². The minimum Gasteiger partial charge on any atom is -0.477 e. The molecule has 0 spiro atoms. The van der Waals surface area contributed by atoms with Crippen molar-refractivity contribution < 1.29 is 45.1 Å². The SMILES string of the molecule is O=C(O)c1ccc(N(Cc2ccc(Cl)cn2)C(=O)[C@H]2CCN2S(=O)(=O)c2c(F)c(F)c(F)c(F)c2F)cn1. The van der Waals surface area contributed by atoms with Crippen molar-refractivity contribution in [3.8, 4) is 0 Å². The minimum atomic E-state index is -5.37. The fourth-order valence-corrected chi connectivity index (χ4v) is 5.49. The van der Waals surface area contributed by atoms with E-state index in [9.17, 15) is 40.0 Å². The van der Waals surface area contributed by atoms with Gasteiger partial charge in [-0.05, 0) is 30.7 Å². The van der Waals surface area contributed by atoms with E-state index in [2.05, 4.69) is 9.97 Å². The number of hydrogen-bond acceptors (Lipinski definition) is 6. The number of carboxylic acid groups (broad SMARTS) is 1. The molecule has 9 nitrogen and oxygen atoms in total. The monoisotopic (exact) mass is 576 g/mol. The van der Waals surface area contributed by atoms with Crippen LogP contribution in [-0.2, 0) is 21.4 Å². The van der Waals surface area contributed by atoms with Gasteiger partial charge in [-0.15, -0.1) is 0 Å². The highest BCUT2D eigenvalue weighted by Crippen LogP contribution is 2.34. The number of rotatable bonds is 7. The number of halogens is 6. The average molecular weight is 577 g/mol. The van der Waals surface area contributed by atoms with E-state index in [4.69, 9.17) is 16.7 Å². The largest absolute Gasteiger partial charge is 0.477 e. The van der Waals surface area contributed by atoms with E-state index < -0.39 is 68.5 Å². The molecule has 0 bridgehead atoms. The Bertz CT molecular complexity index is 1510. The fraction of sp³-hybridized carbons (Fsp3) is 0.182. The third-order valence-electron chi connectivity index (χ3n) is 5.65. The first-order valence-electron chi connectivity index (χ1n) is 10.5. The van der Waals surface area contributed by atoms with Crippen molar-refractivity contribution in [3.63, 3.8) is 0 Å². The van der Waals surface area contributed by atoms with Gasteiger partial charge in [0.05, 0.1) is 29.1 Å². The van der Waals surface area contributed by atoms with Crippen molar-refractivity contribution in [3.05, 3.63) is 82.2 Å². The van der Waals surface area contributed by atoms with Crippen LogP contribution in [-0.4, -0.2) is 52.3 Å². The van der Waals surface area contributed by atoms with E-state index >= 15 is 0 Å². The molecule has 38 heavy (non-hydrogen) atoms. The maximum Gasteiger partial charge on any atom is 0.354 e. The molecule has 16 heteroatoms. The highest BCUT2D eigenvalue weighted by atomic mass is 35.5. The molecule has 0 unspecified atom stereocenters. The fourth-order valence-electron chi connectivity index (χ4n) is 3.64. The van der Waals surface area contributed by atoms with Gasteiger partial charge in [-0.3, -0.25) is 9.78 Å². The van der Waals surface area contributed by atoms with Crippen molar-refractivity contribution in [2.45, 2.75) is 23.9 Å². The number of nitrogens with zero attached hydrogens (tertiary/aromatic N) is 4. The summed E-state index contributed by atoms with van der Waals surface area (Å²) < 4.78 is 95.7. The summed E-state index contributed by atoms with van der Waals surface area (Å²) in [5, 5.41) is 9.35. The average Bonchev–Trinajstić information content (AvgIpc) is 2.85. The van der Waals surface area contributed by atoms with Crippen LogP contribution in [0.25, 0.3) is 0 Å². The van der Waals surface area contributed by atoms with Gasteiger partial charge in [0.2, 0.25) is 21.7 Å². The molecule has 3 heterocycles. The van der Waals surface area contributed by atoms with Gasteiger partial charge in [-0.25, -0.2) is 40.1 Å². The lowest BCUT2D eigenvalue weighted by Gasteiger charge is -2.40. The molecule has 1 fully saturated rings. The number of benzene rings is 1. The topological polar surface area (TPSA) is 121 Å². The van der Waals surface area contributed by atoms with Crippen LogP contribution in [0.3, 0.4) is 0 Å². The molecule has 0 aliphatic carbocycles.